The average molecular weight is 256 g/mol. The van der Waals surface area contributed by atoms with E-state index in [1.165, 1.54) is 48.9 Å². The van der Waals surface area contributed by atoms with Gasteiger partial charge in [0.1, 0.15) is 0 Å². The first-order valence-electron chi connectivity index (χ1n) is 7.52. The Morgan fingerprint density at radius 1 is 1.21 bits per heavy atom. The van der Waals surface area contributed by atoms with E-state index in [0.717, 1.165) is 11.8 Å². The summed E-state index contributed by atoms with van der Waals surface area (Å²) in [4.78, 5) is 6.04. The van der Waals surface area contributed by atoms with Gasteiger partial charge in [0.25, 0.3) is 0 Å². The van der Waals surface area contributed by atoms with Gasteiger partial charge in [0.15, 0.2) is 0 Å². The van der Waals surface area contributed by atoms with Crippen molar-refractivity contribution < 1.29 is 0 Å². The Morgan fingerprint density at radius 3 is 2.68 bits per heavy atom. The van der Waals surface area contributed by atoms with E-state index in [1.54, 1.807) is 0 Å². The number of aromatic nitrogens is 1. The molecule has 102 valence electrons. The van der Waals surface area contributed by atoms with Crippen LogP contribution in [0.5, 0.6) is 0 Å². The van der Waals surface area contributed by atoms with Crippen LogP contribution in [-0.4, -0.2) is 29.5 Å². The smallest absolute Gasteiger partial charge is 0.0456 e. The molecule has 1 saturated heterocycles. The number of H-pyrrole nitrogens is 1. The molecule has 19 heavy (non-hydrogen) atoms. The van der Waals surface area contributed by atoms with Crippen LogP contribution in [0, 0.1) is 5.92 Å². The van der Waals surface area contributed by atoms with Gasteiger partial charge >= 0.3 is 0 Å². The topological polar surface area (TPSA) is 19.0 Å². The molecular weight excluding hydrogens is 232 g/mol. The van der Waals surface area contributed by atoms with Crippen LogP contribution in [0.4, 0.5) is 0 Å². The molecule has 0 saturated carbocycles. The third-order valence-electron chi connectivity index (χ3n) is 4.27. The summed E-state index contributed by atoms with van der Waals surface area (Å²) in [5.74, 6) is 1.52. The molecule has 2 nitrogen and oxygen atoms in total. The molecule has 1 aromatic heterocycles. The van der Waals surface area contributed by atoms with Crippen LogP contribution < -0.4 is 0 Å². The van der Waals surface area contributed by atoms with Crippen LogP contribution >= 0.6 is 0 Å². The molecule has 0 unspecified atom stereocenters. The van der Waals surface area contributed by atoms with E-state index in [9.17, 15) is 0 Å². The van der Waals surface area contributed by atoms with Crippen molar-refractivity contribution in [2.75, 3.05) is 19.6 Å². The van der Waals surface area contributed by atoms with E-state index in [0.29, 0.717) is 0 Å². The van der Waals surface area contributed by atoms with Gasteiger partial charge in [0.2, 0.25) is 0 Å². The number of fused-ring (bicyclic) bond motifs is 1. The molecule has 0 radical (unpaired) electrons. The Balaban J connectivity index is 1.71. The highest BCUT2D eigenvalue weighted by atomic mass is 15.1. The molecule has 1 aliphatic rings. The quantitative estimate of drug-likeness (QED) is 0.879. The zero-order chi connectivity index (χ0) is 13.2. The first-order chi connectivity index (χ1) is 9.24. The lowest BCUT2D eigenvalue weighted by Gasteiger charge is -2.32. The van der Waals surface area contributed by atoms with Crippen LogP contribution in [0.3, 0.4) is 0 Å². The monoisotopic (exact) mass is 256 g/mol. The molecule has 1 N–H and O–H groups in total. The van der Waals surface area contributed by atoms with E-state index < -0.39 is 0 Å². The summed E-state index contributed by atoms with van der Waals surface area (Å²) in [6.07, 6.45) is 4.83. The second-order valence-corrected chi connectivity index (χ2v) is 6.26. The normalized spacial score (nSPS) is 18.5. The van der Waals surface area contributed by atoms with Crippen LogP contribution in [0.2, 0.25) is 0 Å². The van der Waals surface area contributed by atoms with E-state index in [-0.39, 0.29) is 0 Å². The number of hydrogen-bond donors (Lipinski definition) is 1. The number of hydrogen-bond acceptors (Lipinski definition) is 1. The molecule has 1 aromatic carbocycles. The summed E-state index contributed by atoms with van der Waals surface area (Å²) >= 11 is 0. The number of piperidine rings is 1. The molecule has 2 heterocycles. The second-order valence-electron chi connectivity index (χ2n) is 6.26. The predicted octanol–water partition coefficient (Wildman–Crippen LogP) is 4.00. The molecule has 1 aliphatic heterocycles. The first kappa shape index (κ1) is 12.7. The van der Waals surface area contributed by atoms with Crippen molar-refractivity contribution in [3.05, 3.63) is 36.0 Å². The van der Waals surface area contributed by atoms with E-state index in [4.69, 9.17) is 0 Å². The van der Waals surface area contributed by atoms with Crippen LogP contribution in [-0.2, 0) is 0 Å². The van der Waals surface area contributed by atoms with Crippen molar-refractivity contribution in [2.24, 2.45) is 5.92 Å². The van der Waals surface area contributed by atoms with Crippen molar-refractivity contribution in [1.29, 1.82) is 0 Å². The highest BCUT2D eigenvalue weighted by molar-refractivity contribution is 5.83. The third-order valence-corrected chi connectivity index (χ3v) is 4.27. The maximum absolute atomic E-state index is 3.42. The van der Waals surface area contributed by atoms with Gasteiger partial charge in [0.05, 0.1) is 0 Å². The van der Waals surface area contributed by atoms with Gasteiger partial charge in [-0.3, -0.25) is 0 Å². The molecule has 0 amide bonds. The van der Waals surface area contributed by atoms with Crippen molar-refractivity contribution in [2.45, 2.75) is 32.6 Å². The Kier molecular flexibility index (Phi) is 3.61. The number of benzene rings is 1. The summed E-state index contributed by atoms with van der Waals surface area (Å²) in [7, 11) is 0. The lowest BCUT2D eigenvalue weighted by molar-refractivity contribution is 0.192. The third kappa shape index (κ3) is 2.69. The minimum atomic E-state index is 0.736. The minimum Gasteiger partial charge on any atom is -0.361 e. The van der Waals surface area contributed by atoms with Gasteiger partial charge in [0, 0.05) is 23.6 Å². The van der Waals surface area contributed by atoms with Gasteiger partial charge in [-0.05, 0) is 49.4 Å². The molecule has 0 atom stereocenters. The Bertz CT molecular complexity index is 533. The maximum Gasteiger partial charge on any atom is 0.0456 e. The molecule has 2 heteroatoms. The summed E-state index contributed by atoms with van der Waals surface area (Å²) in [5.41, 5.74) is 2.81. The van der Waals surface area contributed by atoms with E-state index >= 15 is 0 Å². The van der Waals surface area contributed by atoms with Crippen molar-refractivity contribution in [1.82, 2.24) is 9.88 Å². The fourth-order valence-electron chi connectivity index (χ4n) is 3.37. The van der Waals surface area contributed by atoms with Crippen molar-refractivity contribution in [3.8, 4) is 0 Å². The van der Waals surface area contributed by atoms with Crippen LogP contribution in [0.25, 0.3) is 10.9 Å². The van der Waals surface area contributed by atoms with Gasteiger partial charge in [-0.2, -0.15) is 0 Å². The van der Waals surface area contributed by atoms with Gasteiger partial charge in [-0.1, -0.05) is 32.0 Å². The number of para-hydroxylation sites is 1. The number of aromatic amines is 1. The Morgan fingerprint density at radius 2 is 1.95 bits per heavy atom. The fraction of sp³-hybridized carbons (Fsp3) is 0.529. The second kappa shape index (κ2) is 5.38. The summed E-state index contributed by atoms with van der Waals surface area (Å²) in [5, 5.41) is 1.42. The zero-order valence-electron chi connectivity index (χ0n) is 12.0. The fourth-order valence-corrected chi connectivity index (χ4v) is 3.37. The number of likely N-dealkylation sites (tertiary alicyclic amines) is 1. The number of nitrogens with one attached hydrogen (secondary N) is 1. The standard InChI is InChI=1S/C17H24N2/c1-13(2)12-19-9-7-14(8-10-19)16-11-18-17-6-4-3-5-15(16)17/h3-6,11,13-14,18H,7-10,12H2,1-2H3. The first-order valence-corrected chi connectivity index (χ1v) is 7.52. The van der Waals surface area contributed by atoms with Crippen molar-refractivity contribution in [3.63, 3.8) is 0 Å². The van der Waals surface area contributed by atoms with Crippen LogP contribution in [0.1, 0.15) is 38.2 Å². The van der Waals surface area contributed by atoms with Gasteiger partial charge < -0.3 is 9.88 Å². The Labute approximate surface area is 115 Å². The van der Waals surface area contributed by atoms with Gasteiger partial charge in [-0.25, -0.2) is 0 Å². The summed E-state index contributed by atoms with van der Waals surface area (Å²) < 4.78 is 0. The Hall–Kier alpha value is -1.28. The summed E-state index contributed by atoms with van der Waals surface area (Å²) in [6, 6.07) is 8.68. The minimum absolute atomic E-state index is 0.736. The predicted molar refractivity (Wildman–Crippen MR) is 81.6 cm³/mol. The SMILES string of the molecule is CC(C)CN1CCC(c2c[nH]c3ccccc23)CC1. The van der Waals surface area contributed by atoms with Crippen LogP contribution in [0.15, 0.2) is 30.5 Å². The zero-order valence-corrected chi connectivity index (χ0v) is 12.0. The molecular formula is C17H24N2. The van der Waals surface area contributed by atoms with Crippen molar-refractivity contribution >= 4 is 10.9 Å². The molecule has 0 aliphatic carbocycles. The molecule has 0 spiro atoms. The summed E-state index contributed by atoms with van der Waals surface area (Å²) in [6.45, 7) is 8.38. The molecule has 2 aromatic rings. The number of rotatable bonds is 3. The highest BCUT2D eigenvalue weighted by Crippen LogP contribution is 2.33. The highest BCUT2D eigenvalue weighted by Gasteiger charge is 2.22. The average Bonchev–Trinajstić information content (AvgIpc) is 2.83. The lowest BCUT2D eigenvalue weighted by atomic mass is 9.89. The van der Waals surface area contributed by atoms with E-state index in [2.05, 4.69) is 54.2 Å². The lowest BCUT2D eigenvalue weighted by Crippen LogP contribution is -2.35. The molecule has 3 rings (SSSR count). The van der Waals surface area contributed by atoms with Gasteiger partial charge in [-0.15, -0.1) is 0 Å². The number of nitrogens with zero attached hydrogens (tertiary/aromatic N) is 1. The molecule has 0 bridgehead atoms. The maximum atomic E-state index is 3.42. The van der Waals surface area contributed by atoms with E-state index in [1.807, 2.05) is 0 Å². The largest absolute Gasteiger partial charge is 0.361 e. The molecule has 1 fully saturated rings.